The summed E-state index contributed by atoms with van der Waals surface area (Å²) in [5, 5.41) is 25.1. The number of phenolic OH excluding ortho intramolecular Hbond substituents is 2. The highest BCUT2D eigenvalue weighted by Gasteiger charge is 2.30. The number of methoxy groups -OCH3 is 4. The normalized spacial score (nSPS) is 13.0. The molecule has 230 valence electrons. The van der Waals surface area contributed by atoms with Crippen molar-refractivity contribution in [2.45, 2.75) is 64.3 Å². The Labute approximate surface area is 256 Å². The topological polar surface area (TPSA) is 77.4 Å². The molecular formula is C37H46O6. The van der Waals surface area contributed by atoms with Gasteiger partial charge in [-0.2, -0.15) is 0 Å². The van der Waals surface area contributed by atoms with Gasteiger partial charge in [-0.15, -0.1) is 0 Å². The van der Waals surface area contributed by atoms with Gasteiger partial charge in [0.1, 0.15) is 11.5 Å². The van der Waals surface area contributed by atoms with E-state index in [1.165, 1.54) is 0 Å². The van der Waals surface area contributed by atoms with E-state index in [2.05, 4.69) is 62.4 Å². The number of phenols is 2. The molecule has 0 radical (unpaired) electrons. The van der Waals surface area contributed by atoms with Gasteiger partial charge in [-0.3, -0.25) is 0 Å². The van der Waals surface area contributed by atoms with E-state index in [1.807, 2.05) is 32.0 Å². The first-order valence-electron chi connectivity index (χ1n) is 14.7. The molecule has 0 aliphatic carbocycles. The van der Waals surface area contributed by atoms with Crippen molar-refractivity contribution in [1.29, 1.82) is 0 Å². The Morgan fingerprint density at radius 3 is 1.88 bits per heavy atom. The summed E-state index contributed by atoms with van der Waals surface area (Å²) < 4.78 is 22.4. The maximum atomic E-state index is 11.5. The lowest BCUT2D eigenvalue weighted by Crippen LogP contribution is -2.26. The number of aromatic hydroxyl groups is 2. The Kier molecular flexibility index (Phi) is 10.2. The van der Waals surface area contributed by atoms with Gasteiger partial charge in [-0.05, 0) is 59.0 Å². The molecule has 0 amide bonds. The summed E-state index contributed by atoms with van der Waals surface area (Å²) in [5.41, 5.74) is 5.18. The van der Waals surface area contributed by atoms with Gasteiger partial charge in [0.2, 0.25) is 0 Å². The number of rotatable bonds is 13. The van der Waals surface area contributed by atoms with E-state index in [1.54, 1.807) is 28.4 Å². The second kappa shape index (κ2) is 13.5. The number of benzene rings is 4. The summed E-state index contributed by atoms with van der Waals surface area (Å²) >= 11 is 0. The third kappa shape index (κ3) is 7.05. The van der Waals surface area contributed by atoms with E-state index >= 15 is 0 Å². The van der Waals surface area contributed by atoms with E-state index in [-0.39, 0.29) is 30.6 Å². The van der Waals surface area contributed by atoms with Crippen LogP contribution < -0.4 is 0 Å². The Morgan fingerprint density at radius 2 is 1.26 bits per heavy atom. The van der Waals surface area contributed by atoms with Crippen LogP contribution in [0.4, 0.5) is 0 Å². The molecule has 0 aliphatic heterocycles. The summed E-state index contributed by atoms with van der Waals surface area (Å²) in [6, 6.07) is 23.0. The zero-order valence-corrected chi connectivity index (χ0v) is 26.8. The van der Waals surface area contributed by atoms with Crippen LogP contribution in [-0.4, -0.2) is 50.9 Å². The molecule has 43 heavy (non-hydrogen) atoms. The molecule has 0 aliphatic rings. The number of ether oxygens (including phenoxy) is 4. The lowest BCUT2D eigenvalue weighted by atomic mass is 9.77. The summed E-state index contributed by atoms with van der Waals surface area (Å²) in [6.07, 6.45) is 0.513. The molecule has 1 unspecified atom stereocenters. The van der Waals surface area contributed by atoms with Crippen LogP contribution in [0.25, 0.3) is 10.8 Å². The number of hydrogen-bond donors (Lipinski definition) is 2. The molecule has 0 heterocycles. The summed E-state index contributed by atoms with van der Waals surface area (Å²) in [5.74, 6) is 0.206. The minimum atomic E-state index is -0.489. The average molecular weight is 587 g/mol. The Balaban J connectivity index is 2.10. The van der Waals surface area contributed by atoms with Crippen molar-refractivity contribution in [3.63, 3.8) is 0 Å². The second-order valence-electron chi connectivity index (χ2n) is 12.6. The molecule has 0 saturated heterocycles. The summed E-state index contributed by atoms with van der Waals surface area (Å²) in [6.45, 7) is 9.12. The molecule has 0 bridgehead atoms. The van der Waals surface area contributed by atoms with Gasteiger partial charge in [-0.1, -0.05) is 68.4 Å². The highest BCUT2D eigenvalue weighted by Crippen LogP contribution is 2.44. The van der Waals surface area contributed by atoms with Gasteiger partial charge in [0.25, 0.3) is 0 Å². The largest absolute Gasteiger partial charge is 0.507 e. The first-order chi connectivity index (χ1) is 20.5. The molecule has 0 saturated carbocycles. The fourth-order valence-electron chi connectivity index (χ4n) is 6.04. The molecule has 6 nitrogen and oxygen atoms in total. The maximum absolute atomic E-state index is 11.5. The number of fused-ring (bicyclic) bond motifs is 1. The first kappa shape index (κ1) is 32.5. The summed E-state index contributed by atoms with van der Waals surface area (Å²) in [4.78, 5) is 0. The molecule has 0 spiro atoms. The van der Waals surface area contributed by atoms with Crippen LogP contribution in [0.5, 0.6) is 11.5 Å². The molecule has 0 fully saturated rings. The molecular weight excluding hydrogens is 540 g/mol. The maximum Gasteiger partial charge on any atom is 0.124 e. The number of hydrogen-bond acceptors (Lipinski definition) is 6. The van der Waals surface area contributed by atoms with Crippen LogP contribution in [0.1, 0.15) is 72.6 Å². The molecule has 1 atom stereocenters. The predicted molar refractivity (Wildman–Crippen MR) is 172 cm³/mol. The van der Waals surface area contributed by atoms with Gasteiger partial charge in [-0.25, -0.2) is 0 Å². The highest BCUT2D eigenvalue weighted by molar-refractivity contribution is 5.87. The zero-order chi connectivity index (χ0) is 31.4. The van der Waals surface area contributed by atoms with Crippen molar-refractivity contribution < 1.29 is 29.2 Å². The van der Waals surface area contributed by atoms with Gasteiger partial charge >= 0.3 is 0 Å². The third-order valence-corrected chi connectivity index (χ3v) is 8.31. The fourth-order valence-corrected chi connectivity index (χ4v) is 6.04. The van der Waals surface area contributed by atoms with Gasteiger partial charge in [0.15, 0.2) is 0 Å². The van der Waals surface area contributed by atoms with Crippen molar-refractivity contribution in [3.05, 3.63) is 106 Å². The van der Waals surface area contributed by atoms with Crippen LogP contribution in [-0.2, 0) is 44.0 Å². The monoisotopic (exact) mass is 586 g/mol. The summed E-state index contributed by atoms with van der Waals surface area (Å²) in [7, 11) is 6.63. The van der Waals surface area contributed by atoms with Gasteiger partial charge in [0, 0.05) is 62.9 Å². The van der Waals surface area contributed by atoms with Crippen LogP contribution in [0.2, 0.25) is 0 Å². The van der Waals surface area contributed by atoms with Crippen molar-refractivity contribution in [1.82, 2.24) is 0 Å². The van der Waals surface area contributed by atoms with E-state index in [9.17, 15) is 10.2 Å². The Morgan fingerprint density at radius 1 is 0.674 bits per heavy atom. The molecule has 4 rings (SSSR count). The fraction of sp³-hybridized carbons (Fsp3) is 0.405. The zero-order valence-electron chi connectivity index (χ0n) is 26.8. The van der Waals surface area contributed by atoms with Crippen molar-refractivity contribution >= 4 is 10.8 Å². The minimum absolute atomic E-state index is 0.220. The van der Waals surface area contributed by atoms with Crippen LogP contribution in [0.3, 0.4) is 0 Å². The quantitative estimate of drug-likeness (QED) is 0.157. The second-order valence-corrected chi connectivity index (χ2v) is 12.6. The first-order valence-corrected chi connectivity index (χ1v) is 14.7. The van der Waals surface area contributed by atoms with E-state index < -0.39 is 11.0 Å². The van der Waals surface area contributed by atoms with Crippen molar-refractivity contribution in [3.8, 4) is 11.5 Å². The molecule has 6 heteroatoms. The minimum Gasteiger partial charge on any atom is -0.507 e. The van der Waals surface area contributed by atoms with E-state index in [0.717, 1.165) is 38.6 Å². The standard InChI is InChI=1S/C37H46O6/c1-36(2,23-42-7)32-19-26(18-29(22-41-6)35(32)39)33(31-15-11-13-24-12-9-10-14-30(24)31)25-16-27(20-37(3,4)43-8)34(38)28(17-25)21-40-5/h9-19,33,38-39H,20-23H2,1-8H3. The smallest absolute Gasteiger partial charge is 0.124 e. The molecule has 4 aromatic carbocycles. The molecule has 4 aromatic rings. The Hall–Kier alpha value is -3.42. The van der Waals surface area contributed by atoms with Crippen LogP contribution in [0.15, 0.2) is 66.7 Å². The van der Waals surface area contributed by atoms with Crippen LogP contribution >= 0.6 is 0 Å². The van der Waals surface area contributed by atoms with Crippen molar-refractivity contribution in [2.75, 3.05) is 35.0 Å². The van der Waals surface area contributed by atoms with E-state index in [0.29, 0.717) is 24.2 Å². The lowest BCUT2D eigenvalue weighted by Gasteiger charge is -2.30. The molecule has 2 N–H and O–H groups in total. The molecule has 0 aromatic heterocycles. The van der Waals surface area contributed by atoms with Crippen molar-refractivity contribution in [2.24, 2.45) is 0 Å². The Bertz CT molecular complexity index is 1550. The van der Waals surface area contributed by atoms with Gasteiger partial charge in [0.05, 0.1) is 25.4 Å². The SMILES string of the molecule is COCc1cc(C(c2cc(COC)c(O)c(C(C)(C)COC)c2)c2cccc3ccccc23)cc(CC(C)(C)OC)c1O. The van der Waals surface area contributed by atoms with Gasteiger partial charge < -0.3 is 29.2 Å². The van der Waals surface area contributed by atoms with E-state index in [4.69, 9.17) is 18.9 Å². The highest BCUT2D eigenvalue weighted by atomic mass is 16.5. The van der Waals surface area contributed by atoms with Crippen LogP contribution in [0, 0.1) is 0 Å². The average Bonchev–Trinajstić information content (AvgIpc) is 2.97. The lowest BCUT2D eigenvalue weighted by molar-refractivity contribution is 0.0227. The predicted octanol–water partition coefficient (Wildman–Crippen LogP) is 7.62. The third-order valence-electron chi connectivity index (χ3n) is 8.31.